The van der Waals surface area contributed by atoms with Gasteiger partial charge in [-0.25, -0.2) is 0 Å². The highest BCUT2D eigenvalue weighted by atomic mass is 15.0. The summed E-state index contributed by atoms with van der Waals surface area (Å²) in [4.78, 5) is 0. The molecule has 0 amide bonds. The monoisotopic (exact) mass is 228 g/mol. The Labute approximate surface area is 104 Å². The molecule has 0 spiro atoms. The van der Waals surface area contributed by atoms with Crippen LogP contribution in [0.25, 0.3) is 0 Å². The van der Waals surface area contributed by atoms with E-state index >= 15 is 0 Å². The van der Waals surface area contributed by atoms with Crippen LogP contribution >= 0.6 is 0 Å². The van der Waals surface area contributed by atoms with Gasteiger partial charge in [-0.1, -0.05) is 26.3 Å². The minimum Gasteiger partial charge on any atom is -0.387 e. The second-order valence-corrected chi connectivity index (χ2v) is 4.26. The van der Waals surface area contributed by atoms with Crippen molar-refractivity contribution in [2.45, 2.75) is 13.8 Å². The van der Waals surface area contributed by atoms with Gasteiger partial charge in [-0.05, 0) is 30.2 Å². The molecule has 2 N–H and O–H groups in total. The SMILES string of the molecule is C#Cc1ccc(NCCNC(=C)C(C)C)cc1. The normalized spacial score (nSPS) is 9.76. The van der Waals surface area contributed by atoms with Gasteiger partial charge in [-0.3, -0.25) is 0 Å². The fourth-order valence-corrected chi connectivity index (χ4v) is 1.32. The van der Waals surface area contributed by atoms with E-state index < -0.39 is 0 Å². The molecule has 90 valence electrons. The molecule has 1 rings (SSSR count). The van der Waals surface area contributed by atoms with E-state index in [2.05, 4.69) is 37.0 Å². The van der Waals surface area contributed by atoms with Gasteiger partial charge in [-0.2, -0.15) is 0 Å². The standard InChI is InChI=1S/C15H20N2/c1-5-14-6-8-15(9-7-14)17-11-10-16-13(4)12(2)3/h1,6-9,12,16-17H,4,10-11H2,2-3H3. The van der Waals surface area contributed by atoms with Crippen molar-refractivity contribution >= 4 is 5.69 Å². The van der Waals surface area contributed by atoms with Crippen LogP contribution in [0.2, 0.25) is 0 Å². The van der Waals surface area contributed by atoms with Crippen LogP contribution in [0.1, 0.15) is 19.4 Å². The van der Waals surface area contributed by atoms with Gasteiger partial charge in [0.2, 0.25) is 0 Å². The lowest BCUT2D eigenvalue weighted by molar-refractivity contribution is 0.664. The summed E-state index contributed by atoms with van der Waals surface area (Å²) >= 11 is 0. The van der Waals surface area contributed by atoms with E-state index in [4.69, 9.17) is 6.42 Å². The van der Waals surface area contributed by atoms with Crippen LogP contribution < -0.4 is 10.6 Å². The van der Waals surface area contributed by atoms with Crippen molar-refractivity contribution in [3.8, 4) is 12.3 Å². The maximum Gasteiger partial charge on any atom is 0.0341 e. The number of terminal acetylenes is 1. The molecule has 0 atom stereocenters. The summed E-state index contributed by atoms with van der Waals surface area (Å²) in [5, 5.41) is 6.60. The third kappa shape index (κ3) is 4.65. The molecule has 0 aromatic heterocycles. The maximum atomic E-state index is 5.29. The molecule has 2 heteroatoms. The topological polar surface area (TPSA) is 24.1 Å². The van der Waals surface area contributed by atoms with E-state index in [0.29, 0.717) is 5.92 Å². The predicted octanol–water partition coefficient (Wildman–Crippen LogP) is 2.84. The zero-order chi connectivity index (χ0) is 12.7. The highest BCUT2D eigenvalue weighted by molar-refractivity contribution is 5.47. The van der Waals surface area contributed by atoms with E-state index in [9.17, 15) is 0 Å². The first-order valence-electron chi connectivity index (χ1n) is 5.86. The van der Waals surface area contributed by atoms with Crippen LogP contribution in [-0.2, 0) is 0 Å². The van der Waals surface area contributed by atoms with Gasteiger partial charge >= 0.3 is 0 Å². The Kier molecular flexibility index (Phi) is 5.16. The molecule has 2 nitrogen and oxygen atoms in total. The zero-order valence-corrected chi connectivity index (χ0v) is 10.6. The smallest absolute Gasteiger partial charge is 0.0341 e. The number of rotatable bonds is 6. The summed E-state index contributed by atoms with van der Waals surface area (Å²) in [6, 6.07) is 7.85. The van der Waals surface area contributed by atoms with Gasteiger partial charge in [0.1, 0.15) is 0 Å². The van der Waals surface area contributed by atoms with Crippen molar-refractivity contribution in [3.05, 3.63) is 42.1 Å². The van der Waals surface area contributed by atoms with Gasteiger partial charge in [0.25, 0.3) is 0 Å². The quantitative estimate of drug-likeness (QED) is 0.578. The van der Waals surface area contributed by atoms with Crippen LogP contribution in [0.5, 0.6) is 0 Å². The molecule has 0 aliphatic carbocycles. The van der Waals surface area contributed by atoms with Crippen LogP contribution in [0.15, 0.2) is 36.5 Å². The molecule has 1 aromatic carbocycles. The number of allylic oxidation sites excluding steroid dienone is 1. The largest absolute Gasteiger partial charge is 0.387 e. The summed E-state index contributed by atoms with van der Waals surface area (Å²) < 4.78 is 0. The summed E-state index contributed by atoms with van der Waals surface area (Å²) in [5.74, 6) is 3.07. The van der Waals surface area contributed by atoms with Gasteiger partial charge in [0.05, 0.1) is 0 Å². The Hall–Kier alpha value is -1.88. The minimum atomic E-state index is 0.477. The molecule has 0 bridgehead atoms. The number of nitrogens with one attached hydrogen (secondary N) is 2. The van der Waals surface area contributed by atoms with E-state index in [-0.39, 0.29) is 0 Å². The molecule has 0 unspecified atom stereocenters. The van der Waals surface area contributed by atoms with Crippen molar-refractivity contribution < 1.29 is 0 Å². The van der Waals surface area contributed by atoms with Gasteiger partial charge < -0.3 is 10.6 Å². The predicted molar refractivity (Wildman–Crippen MR) is 74.8 cm³/mol. The molecule has 17 heavy (non-hydrogen) atoms. The lowest BCUT2D eigenvalue weighted by Gasteiger charge is -2.13. The third-order valence-electron chi connectivity index (χ3n) is 2.55. The molecule has 0 radical (unpaired) electrons. The Morgan fingerprint density at radius 3 is 2.47 bits per heavy atom. The Morgan fingerprint density at radius 1 is 1.29 bits per heavy atom. The molecular weight excluding hydrogens is 208 g/mol. The van der Waals surface area contributed by atoms with E-state index in [1.165, 1.54) is 0 Å². The second-order valence-electron chi connectivity index (χ2n) is 4.26. The molecule has 0 saturated carbocycles. The van der Waals surface area contributed by atoms with Crippen molar-refractivity contribution in [3.63, 3.8) is 0 Å². The average Bonchev–Trinajstić information content (AvgIpc) is 2.35. The first-order chi connectivity index (χ1) is 8.13. The molecule has 0 heterocycles. The molecule has 0 aliphatic rings. The summed E-state index contributed by atoms with van der Waals surface area (Å²) in [6.45, 7) is 9.94. The number of anilines is 1. The molecular formula is C15H20N2. The van der Waals surface area contributed by atoms with Crippen molar-refractivity contribution in [2.75, 3.05) is 18.4 Å². The fourth-order valence-electron chi connectivity index (χ4n) is 1.32. The first kappa shape index (κ1) is 13.2. The van der Waals surface area contributed by atoms with Crippen molar-refractivity contribution in [1.29, 1.82) is 0 Å². The second kappa shape index (κ2) is 6.65. The van der Waals surface area contributed by atoms with Gasteiger partial charge in [-0.15, -0.1) is 6.42 Å². The summed E-state index contributed by atoms with van der Waals surface area (Å²) in [6.07, 6.45) is 5.29. The lowest BCUT2D eigenvalue weighted by Crippen LogP contribution is -2.23. The van der Waals surface area contributed by atoms with Crippen LogP contribution in [0, 0.1) is 18.3 Å². The van der Waals surface area contributed by atoms with Crippen molar-refractivity contribution in [1.82, 2.24) is 5.32 Å². The molecule has 0 fully saturated rings. The van der Waals surface area contributed by atoms with E-state index in [1.807, 2.05) is 24.3 Å². The Balaban J connectivity index is 2.27. The zero-order valence-electron chi connectivity index (χ0n) is 10.6. The van der Waals surface area contributed by atoms with E-state index in [1.54, 1.807) is 0 Å². The molecule has 0 saturated heterocycles. The van der Waals surface area contributed by atoms with Crippen molar-refractivity contribution in [2.24, 2.45) is 5.92 Å². The van der Waals surface area contributed by atoms with Crippen LogP contribution in [-0.4, -0.2) is 13.1 Å². The Morgan fingerprint density at radius 2 is 1.94 bits per heavy atom. The molecule has 0 aliphatic heterocycles. The highest BCUT2D eigenvalue weighted by Crippen LogP contribution is 2.08. The van der Waals surface area contributed by atoms with Gasteiger partial charge in [0.15, 0.2) is 0 Å². The maximum absolute atomic E-state index is 5.29. The number of hydrogen-bond acceptors (Lipinski definition) is 2. The highest BCUT2D eigenvalue weighted by Gasteiger charge is 1.98. The van der Waals surface area contributed by atoms with Gasteiger partial charge in [0, 0.05) is 30.0 Å². The first-order valence-corrected chi connectivity index (χ1v) is 5.86. The minimum absolute atomic E-state index is 0.477. The number of hydrogen-bond donors (Lipinski definition) is 2. The average molecular weight is 228 g/mol. The summed E-state index contributed by atoms with van der Waals surface area (Å²) in [5.41, 5.74) is 3.07. The van der Waals surface area contributed by atoms with Crippen LogP contribution in [0.3, 0.4) is 0 Å². The Bertz CT molecular complexity index is 396. The van der Waals surface area contributed by atoms with Crippen LogP contribution in [0.4, 0.5) is 5.69 Å². The number of benzene rings is 1. The molecule has 1 aromatic rings. The fraction of sp³-hybridized carbons (Fsp3) is 0.333. The lowest BCUT2D eigenvalue weighted by atomic mass is 10.1. The summed E-state index contributed by atoms with van der Waals surface area (Å²) in [7, 11) is 0. The third-order valence-corrected chi connectivity index (χ3v) is 2.55. The van der Waals surface area contributed by atoms with E-state index in [0.717, 1.165) is 30.0 Å².